The Morgan fingerprint density at radius 3 is 2.20 bits per heavy atom. The predicted molar refractivity (Wildman–Crippen MR) is 189 cm³/mol. The zero-order chi connectivity index (χ0) is 30.8. The van der Waals surface area contributed by atoms with Crippen molar-refractivity contribution in [2.45, 2.75) is 38.8 Å². The third-order valence-electron chi connectivity index (χ3n) is 10.1. The number of aryl methyl sites for hydroxylation is 2. The maximum absolute atomic E-state index is 2.63. The molecule has 7 aromatic rings. The fourth-order valence-corrected chi connectivity index (χ4v) is 7.99. The molecule has 46 heavy (non-hydrogen) atoms. The molecule has 220 valence electrons. The van der Waals surface area contributed by atoms with Crippen LogP contribution in [-0.4, -0.2) is 0 Å². The summed E-state index contributed by atoms with van der Waals surface area (Å²) in [5, 5.41) is 2.48. The molecule has 0 saturated carbocycles. The highest BCUT2D eigenvalue weighted by Gasteiger charge is 2.67. The first kappa shape index (κ1) is 27.0. The Balaban J connectivity index is 1.35. The van der Waals surface area contributed by atoms with E-state index in [2.05, 4.69) is 169 Å². The molecule has 1 unspecified atom stereocenters. The van der Waals surface area contributed by atoms with Gasteiger partial charge in [0.05, 0.1) is 5.56 Å². The summed E-state index contributed by atoms with van der Waals surface area (Å²) in [5.74, 6) is 0. The van der Waals surface area contributed by atoms with E-state index in [9.17, 15) is 0 Å². The second-order valence-corrected chi connectivity index (χ2v) is 12.9. The van der Waals surface area contributed by atoms with Crippen molar-refractivity contribution in [3.8, 4) is 22.4 Å². The third-order valence-corrected chi connectivity index (χ3v) is 10.1. The Hall–Kier alpha value is -5.34. The molecule has 2 aliphatic heterocycles. The van der Waals surface area contributed by atoms with Gasteiger partial charge >= 0.3 is 5.66 Å². The van der Waals surface area contributed by atoms with Gasteiger partial charge < -0.3 is 0 Å². The molecule has 0 aliphatic carbocycles. The minimum atomic E-state index is -0.601. The molecule has 0 N–H and O–H groups in total. The van der Waals surface area contributed by atoms with E-state index in [1.54, 1.807) is 0 Å². The molecule has 5 aromatic carbocycles. The lowest BCUT2D eigenvalue weighted by atomic mass is 9.86. The van der Waals surface area contributed by atoms with Crippen LogP contribution in [-0.2, 0) is 12.1 Å². The Bertz CT molecular complexity index is 2350. The quantitative estimate of drug-likeness (QED) is 0.176. The molecular formula is C44H36N2+2. The summed E-state index contributed by atoms with van der Waals surface area (Å²) in [6.45, 7) is 4.47. The molecule has 1 atom stereocenters. The SMILES string of the molecule is CCCCc1ccc(-c2ccc3c(ccc4[n+]3C3(C(c5ccccc5)=Cc5ccc6ccccc6[n+]53)c3cc(C)ccc3-4)c2)cc1. The minimum absolute atomic E-state index is 0.601. The van der Waals surface area contributed by atoms with Crippen molar-refractivity contribution < 1.29 is 9.13 Å². The zero-order valence-corrected chi connectivity index (χ0v) is 26.4. The highest BCUT2D eigenvalue weighted by molar-refractivity contribution is 5.93. The second kappa shape index (κ2) is 10.4. The van der Waals surface area contributed by atoms with Gasteiger partial charge in [0.1, 0.15) is 11.1 Å². The molecule has 0 saturated heterocycles. The average molecular weight is 593 g/mol. The number of rotatable bonds is 5. The number of hydrogen-bond donors (Lipinski definition) is 0. The lowest BCUT2D eigenvalue weighted by Gasteiger charge is -2.22. The second-order valence-electron chi connectivity index (χ2n) is 12.9. The molecule has 0 fully saturated rings. The fraction of sp³-hybridized carbons (Fsp3) is 0.136. The fourth-order valence-electron chi connectivity index (χ4n) is 7.99. The Kier molecular flexibility index (Phi) is 6.08. The van der Waals surface area contributed by atoms with Crippen molar-refractivity contribution in [3.05, 3.63) is 167 Å². The number of allylic oxidation sites excluding steroid dienone is 1. The summed E-state index contributed by atoms with van der Waals surface area (Å²) in [6, 6.07) is 52.3. The summed E-state index contributed by atoms with van der Waals surface area (Å²) in [5.41, 5.74) is 14.6. The van der Waals surface area contributed by atoms with Crippen molar-refractivity contribution in [1.29, 1.82) is 0 Å². The number of unbranched alkanes of at least 4 members (excludes halogenated alkanes) is 1. The highest BCUT2D eigenvalue weighted by atomic mass is 15.3. The van der Waals surface area contributed by atoms with Crippen LogP contribution in [0.25, 0.3) is 55.8 Å². The van der Waals surface area contributed by atoms with Gasteiger partial charge in [0.25, 0.3) is 0 Å². The van der Waals surface area contributed by atoms with E-state index in [1.807, 2.05) is 0 Å². The average Bonchev–Trinajstić information content (AvgIpc) is 3.61. The number of aromatic nitrogens is 2. The number of fused-ring (bicyclic) bond motifs is 11. The van der Waals surface area contributed by atoms with E-state index < -0.39 is 5.66 Å². The number of para-hydroxylation sites is 1. The maximum Gasteiger partial charge on any atom is 0.418 e. The van der Waals surface area contributed by atoms with Gasteiger partial charge in [0.2, 0.25) is 22.4 Å². The van der Waals surface area contributed by atoms with Gasteiger partial charge in [-0.05, 0) is 84.5 Å². The van der Waals surface area contributed by atoms with E-state index in [4.69, 9.17) is 0 Å². The third kappa shape index (κ3) is 3.83. The largest absolute Gasteiger partial charge is 0.418 e. The van der Waals surface area contributed by atoms with Gasteiger partial charge in [-0.2, -0.15) is 0 Å². The van der Waals surface area contributed by atoms with Crippen LogP contribution in [0.1, 0.15) is 47.7 Å². The van der Waals surface area contributed by atoms with Crippen LogP contribution in [0.15, 0.2) is 140 Å². The summed E-state index contributed by atoms with van der Waals surface area (Å²) in [4.78, 5) is 0. The first-order valence-corrected chi connectivity index (χ1v) is 16.6. The maximum atomic E-state index is 2.63. The highest BCUT2D eigenvalue weighted by Crippen LogP contribution is 2.49. The summed E-state index contributed by atoms with van der Waals surface area (Å²) < 4.78 is 5.23. The molecule has 2 aliphatic rings. The van der Waals surface area contributed by atoms with E-state index in [1.165, 1.54) is 90.6 Å². The van der Waals surface area contributed by atoms with Crippen LogP contribution in [0.2, 0.25) is 0 Å². The predicted octanol–water partition coefficient (Wildman–Crippen LogP) is 9.67. The van der Waals surface area contributed by atoms with E-state index >= 15 is 0 Å². The lowest BCUT2D eigenvalue weighted by Crippen LogP contribution is -2.72. The van der Waals surface area contributed by atoms with Crippen molar-refractivity contribution in [2.75, 3.05) is 0 Å². The smallest absolute Gasteiger partial charge is 0.119 e. The van der Waals surface area contributed by atoms with Crippen LogP contribution in [0.4, 0.5) is 0 Å². The van der Waals surface area contributed by atoms with Crippen LogP contribution in [0, 0.1) is 6.92 Å². The van der Waals surface area contributed by atoms with E-state index in [0.717, 1.165) is 6.42 Å². The number of pyridine rings is 2. The molecule has 2 aromatic heterocycles. The molecule has 0 radical (unpaired) electrons. The molecule has 9 rings (SSSR count). The van der Waals surface area contributed by atoms with E-state index in [-0.39, 0.29) is 0 Å². The van der Waals surface area contributed by atoms with Gasteiger partial charge in [-0.1, -0.05) is 91.7 Å². The molecule has 0 bridgehead atoms. The van der Waals surface area contributed by atoms with Crippen LogP contribution >= 0.6 is 0 Å². The molecular weight excluding hydrogens is 556 g/mol. The van der Waals surface area contributed by atoms with Crippen molar-refractivity contribution in [1.82, 2.24) is 0 Å². The Morgan fingerprint density at radius 1 is 0.587 bits per heavy atom. The van der Waals surface area contributed by atoms with Gasteiger partial charge in [-0.25, -0.2) is 0 Å². The van der Waals surface area contributed by atoms with Crippen molar-refractivity contribution in [3.63, 3.8) is 0 Å². The van der Waals surface area contributed by atoms with Gasteiger partial charge in [-0.15, -0.1) is 9.13 Å². The van der Waals surface area contributed by atoms with Crippen LogP contribution in [0.3, 0.4) is 0 Å². The molecule has 1 spiro atoms. The monoisotopic (exact) mass is 592 g/mol. The topological polar surface area (TPSA) is 7.76 Å². The minimum Gasteiger partial charge on any atom is -0.119 e. The van der Waals surface area contributed by atoms with E-state index in [0.29, 0.717) is 0 Å². The van der Waals surface area contributed by atoms with Crippen LogP contribution in [0.5, 0.6) is 0 Å². The van der Waals surface area contributed by atoms with Crippen molar-refractivity contribution in [2.24, 2.45) is 0 Å². The zero-order valence-electron chi connectivity index (χ0n) is 26.4. The number of benzene rings is 5. The normalized spacial score (nSPS) is 16.1. The molecule has 0 amide bonds. The first-order valence-electron chi connectivity index (χ1n) is 16.6. The standard InChI is InChI=1S/C44H36N2/c1-3-4-10-31-16-18-32(19-17-31)35-21-25-42-36(28-35)22-26-43-38-24-15-30(2)27-40(38)44(46(42)43)39(33-11-6-5-7-12-33)29-37-23-20-34-13-8-9-14-41(34)45(37)44/h5-9,11-29H,3-4,10H2,1-2H3/q+2. The van der Waals surface area contributed by atoms with Gasteiger partial charge in [0, 0.05) is 41.1 Å². The van der Waals surface area contributed by atoms with Gasteiger partial charge in [-0.3, -0.25) is 0 Å². The van der Waals surface area contributed by atoms with Crippen molar-refractivity contribution >= 4 is 33.5 Å². The lowest BCUT2D eigenvalue weighted by molar-refractivity contribution is -0.933. The summed E-state index contributed by atoms with van der Waals surface area (Å²) >= 11 is 0. The molecule has 2 nitrogen and oxygen atoms in total. The number of nitrogens with zero attached hydrogens (tertiary/aromatic N) is 2. The molecule has 2 heteroatoms. The molecule has 4 heterocycles. The number of hydrogen-bond acceptors (Lipinski definition) is 0. The Morgan fingerprint density at radius 2 is 1.35 bits per heavy atom. The summed E-state index contributed by atoms with van der Waals surface area (Å²) in [6.07, 6.45) is 6.02. The Labute approximate surface area is 270 Å². The van der Waals surface area contributed by atoms with Gasteiger partial charge in [0.15, 0.2) is 0 Å². The first-order chi connectivity index (χ1) is 22.7. The van der Waals surface area contributed by atoms with Crippen LogP contribution < -0.4 is 9.13 Å². The summed E-state index contributed by atoms with van der Waals surface area (Å²) in [7, 11) is 0.